The molecule has 1 aromatic carbocycles. The summed E-state index contributed by atoms with van der Waals surface area (Å²) < 4.78 is 0. The number of hydrogen-bond donors (Lipinski definition) is 6. The van der Waals surface area contributed by atoms with Crippen molar-refractivity contribution in [1.82, 2.24) is 0 Å². The second-order valence-corrected chi connectivity index (χ2v) is 3.61. The van der Waals surface area contributed by atoms with Crippen LogP contribution in [0.5, 0.6) is 0 Å². The van der Waals surface area contributed by atoms with E-state index in [1.165, 1.54) is 24.3 Å². The molecule has 0 saturated carbocycles. The Morgan fingerprint density at radius 3 is 1.30 bits per heavy atom. The third-order valence-corrected chi connectivity index (χ3v) is 2.29. The molecule has 1 aromatic rings. The molecule has 0 bridgehead atoms. The van der Waals surface area contributed by atoms with E-state index in [2.05, 4.69) is 0 Å². The maximum Gasteiger partial charge on any atom is 0.326 e. The van der Waals surface area contributed by atoms with Crippen molar-refractivity contribution < 1.29 is 9.59 Å². The van der Waals surface area contributed by atoms with Crippen molar-refractivity contribution in [3.8, 4) is 0 Å². The van der Waals surface area contributed by atoms with Crippen molar-refractivity contribution in [3.63, 3.8) is 0 Å². The fraction of sp³-hybridized carbons (Fsp3) is 0. The van der Waals surface area contributed by atoms with Gasteiger partial charge in [0.25, 0.3) is 0 Å². The Hall–Kier alpha value is -3.30. The molecule has 0 atom stereocenters. The van der Waals surface area contributed by atoms with Gasteiger partial charge in [-0.05, 0) is 12.1 Å². The highest BCUT2D eigenvalue weighted by Crippen LogP contribution is 2.28. The smallest absolute Gasteiger partial charge is 0.326 e. The number of rotatable bonds is 2. The number of primary amides is 2. The molecule has 20 heavy (non-hydrogen) atoms. The monoisotopic (exact) mass is 278 g/mol. The van der Waals surface area contributed by atoms with Gasteiger partial charge in [0.2, 0.25) is 11.9 Å². The van der Waals surface area contributed by atoms with Gasteiger partial charge in [-0.3, -0.25) is 10.8 Å². The molecule has 0 saturated heterocycles. The van der Waals surface area contributed by atoms with Crippen LogP contribution in [0, 0.1) is 10.8 Å². The van der Waals surface area contributed by atoms with E-state index in [1.807, 2.05) is 0 Å². The van der Waals surface area contributed by atoms with Crippen LogP contribution in [0.1, 0.15) is 0 Å². The number of benzene rings is 1. The average molecular weight is 278 g/mol. The first-order valence-corrected chi connectivity index (χ1v) is 5.23. The number of nitrogens with two attached hydrogens (primary N) is 4. The topological polar surface area (TPSA) is 192 Å². The minimum atomic E-state index is -1.03. The first-order valence-electron chi connectivity index (χ1n) is 5.23. The fourth-order valence-corrected chi connectivity index (χ4v) is 1.58. The second-order valence-electron chi connectivity index (χ2n) is 3.61. The number of carbonyl (C=O) groups excluding carboxylic acids is 2. The molecule has 10 heteroatoms. The molecular formula is C10H14N8O2. The summed E-state index contributed by atoms with van der Waals surface area (Å²) in [4.78, 5) is 24.0. The summed E-state index contributed by atoms with van der Waals surface area (Å²) in [7, 11) is 0. The lowest BCUT2D eigenvalue weighted by atomic mass is 10.2. The number of para-hydroxylation sites is 2. The maximum absolute atomic E-state index is 11.4. The van der Waals surface area contributed by atoms with Crippen LogP contribution in [-0.2, 0) is 0 Å². The summed E-state index contributed by atoms with van der Waals surface area (Å²) in [6, 6.07) is 3.74. The zero-order valence-corrected chi connectivity index (χ0v) is 10.3. The minimum Gasteiger partial charge on any atom is -0.369 e. The van der Waals surface area contributed by atoms with E-state index in [-0.39, 0.29) is 11.4 Å². The summed E-state index contributed by atoms with van der Waals surface area (Å²) in [6.45, 7) is 0. The van der Waals surface area contributed by atoms with Gasteiger partial charge in [0.15, 0.2) is 0 Å². The molecule has 106 valence electrons. The van der Waals surface area contributed by atoms with Gasteiger partial charge >= 0.3 is 12.1 Å². The van der Waals surface area contributed by atoms with E-state index >= 15 is 0 Å². The summed E-state index contributed by atoms with van der Waals surface area (Å²) in [5, 5.41) is 14.7. The molecule has 0 fully saturated rings. The Morgan fingerprint density at radius 2 is 1.10 bits per heavy atom. The predicted molar refractivity (Wildman–Crippen MR) is 74.4 cm³/mol. The Labute approximate surface area is 113 Å². The van der Waals surface area contributed by atoms with Gasteiger partial charge in [0.1, 0.15) is 0 Å². The number of guanidine groups is 2. The highest BCUT2D eigenvalue weighted by Gasteiger charge is 2.25. The lowest BCUT2D eigenvalue weighted by Gasteiger charge is -2.26. The van der Waals surface area contributed by atoms with E-state index < -0.39 is 24.0 Å². The highest BCUT2D eigenvalue weighted by molar-refractivity contribution is 6.20. The number of amides is 4. The number of carbonyl (C=O) groups is 2. The standard InChI is InChI=1S/C10H14N8O2/c11-7(12)17(9(15)19)5-3-1-2-4-6(5)18(8(13)14)10(16)20/h1-4H,(H3,11,12)(H3,13,14)(H2,15,19)(H2,16,20). The number of hydrogen-bond acceptors (Lipinski definition) is 4. The quantitative estimate of drug-likeness (QED) is 0.306. The van der Waals surface area contributed by atoms with Crippen molar-refractivity contribution in [1.29, 1.82) is 10.8 Å². The van der Waals surface area contributed by atoms with Crippen LogP contribution in [0.3, 0.4) is 0 Å². The van der Waals surface area contributed by atoms with Crippen molar-refractivity contribution in [2.45, 2.75) is 0 Å². The van der Waals surface area contributed by atoms with Gasteiger partial charge in [-0.2, -0.15) is 0 Å². The minimum absolute atomic E-state index is 0.00139. The van der Waals surface area contributed by atoms with Crippen LogP contribution in [0.15, 0.2) is 24.3 Å². The average Bonchev–Trinajstić information content (AvgIpc) is 2.29. The molecule has 4 amide bonds. The van der Waals surface area contributed by atoms with Crippen LogP contribution >= 0.6 is 0 Å². The SMILES string of the molecule is N=C(N)N(C(N)=O)c1ccccc1N(C(=N)N)C(N)=O. The van der Waals surface area contributed by atoms with Crippen LogP contribution < -0.4 is 32.7 Å². The maximum atomic E-state index is 11.4. The lowest BCUT2D eigenvalue weighted by Crippen LogP contribution is -2.48. The van der Waals surface area contributed by atoms with Crippen LogP contribution in [0.25, 0.3) is 0 Å². The van der Waals surface area contributed by atoms with Gasteiger partial charge in [0, 0.05) is 0 Å². The van der Waals surface area contributed by atoms with Crippen LogP contribution in [-0.4, -0.2) is 24.0 Å². The predicted octanol–water partition coefficient (Wildman–Crippen LogP) is -0.756. The molecule has 0 heterocycles. The number of urea groups is 2. The van der Waals surface area contributed by atoms with E-state index in [1.54, 1.807) is 0 Å². The zero-order valence-electron chi connectivity index (χ0n) is 10.3. The Balaban J connectivity index is 3.50. The summed E-state index contributed by atoms with van der Waals surface area (Å²) in [5.41, 5.74) is 20.8. The number of nitrogens with zero attached hydrogens (tertiary/aromatic N) is 2. The van der Waals surface area contributed by atoms with Gasteiger partial charge in [0.05, 0.1) is 11.4 Å². The van der Waals surface area contributed by atoms with Crippen LogP contribution in [0.4, 0.5) is 21.0 Å². The summed E-state index contributed by atoms with van der Waals surface area (Å²) >= 11 is 0. The lowest BCUT2D eigenvalue weighted by molar-refractivity contribution is 0.255. The van der Waals surface area contributed by atoms with Gasteiger partial charge in [-0.1, -0.05) is 12.1 Å². The molecule has 10 N–H and O–H groups in total. The molecule has 0 spiro atoms. The Kier molecular flexibility index (Phi) is 4.10. The summed E-state index contributed by atoms with van der Waals surface area (Å²) in [5.74, 6) is -1.31. The van der Waals surface area contributed by atoms with E-state index in [9.17, 15) is 9.59 Å². The highest BCUT2D eigenvalue weighted by atomic mass is 16.2. The van der Waals surface area contributed by atoms with Crippen molar-refractivity contribution in [2.75, 3.05) is 9.80 Å². The number of nitrogens with one attached hydrogen (secondary N) is 2. The third-order valence-electron chi connectivity index (χ3n) is 2.29. The van der Waals surface area contributed by atoms with Gasteiger partial charge in [-0.25, -0.2) is 19.4 Å². The molecule has 0 aromatic heterocycles. The van der Waals surface area contributed by atoms with Crippen LogP contribution in [0.2, 0.25) is 0 Å². The first kappa shape index (κ1) is 14.8. The third kappa shape index (κ3) is 2.75. The van der Waals surface area contributed by atoms with Crippen molar-refractivity contribution in [3.05, 3.63) is 24.3 Å². The Morgan fingerprint density at radius 1 is 0.800 bits per heavy atom. The van der Waals surface area contributed by atoms with E-state index in [0.717, 1.165) is 0 Å². The summed E-state index contributed by atoms with van der Waals surface area (Å²) in [6.07, 6.45) is 0. The molecule has 0 aliphatic carbocycles. The molecule has 1 rings (SSSR count). The van der Waals surface area contributed by atoms with Crippen molar-refractivity contribution in [2.24, 2.45) is 22.9 Å². The fourth-order valence-electron chi connectivity index (χ4n) is 1.58. The first-order chi connectivity index (χ1) is 9.27. The Bertz CT molecular complexity index is 505. The largest absolute Gasteiger partial charge is 0.369 e. The normalized spacial score (nSPS) is 9.60. The molecular weight excluding hydrogens is 264 g/mol. The molecule has 10 nitrogen and oxygen atoms in total. The van der Waals surface area contributed by atoms with E-state index in [0.29, 0.717) is 9.80 Å². The second kappa shape index (κ2) is 5.56. The van der Waals surface area contributed by atoms with Gasteiger partial charge in [-0.15, -0.1) is 0 Å². The zero-order chi connectivity index (χ0) is 15.4. The van der Waals surface area contributed by atoms with Crippen molar-refractivity contribution >= 4 is 35.4 Å². The van der Waals surface area contributed by atoms with E-state index in [4.69, 9.17) is 33.8 Å². The molecule has 0 aliphatic rings. The molecule has 0 unspecified atom stereocenters. The van der Waals surface area contributed by atoms with Gasteiger partial charge < -0.3 is 22.9 Å². The number of anilines is 2. The molecule has 0 radical (unpaired) electrons. The molecule has 0 aliphatic heterocycles.